The number of aromatic nitrogens is 2. The molecule has 0 saturated carbocycles. The van der Waals surface area contributed by atoms with E-state index in [0.29, 0.717) is 0 Å². The molecule has 1 heterocycles. The maximum absolute atomic E-state index is 12.8. The van der Waals surface area contributed by atoms with Crippen molar-refractivity contribution in [1.82, 2.24) is 15.3 Å². The van der Waals surface area contributed by atoms with E-state index in [9.17, 15) is 18.0 Å². The summed E-state index contributed by atoms with van der Waals surface area (Å²) < 4.78 is 38.4. The largest absolute Gasteiger partial charge is 0.416 e. The Kier molecular flexibility index (Phi) is 4.06. The van der Waals surface area contributed by atoms with Gasteiger partial charge in [0.05, 0.1) is 18.0 Å². The predicted molar refractivity (Wildman–Crippen MR) is 69.1 cm³/mol. The summed E-state index contributed by atoms with van der Waals surface area (Å²) in [5.74, 6) is -0.592. The molecular formula is C13H11F3N4O. The molecule has 1 amide bonds. The van der Waals surface area contributed by atoms with Gasteiger partial charge in [-0.05, 0) is 11.6 Å². The molecule has 0 atom stereocenters. The number of rotatable bonds is 3. The molecule has 5 nitrogen and oxygen atoms in total. The molecule has 0 fully saturated rings. The number of carbonyl (C=O) groups excluding carboxylic acids is 1. The van der Waals surface area contributed by atoms with Gasteiger partial charge in [0, 0.05) is 6.54 Å². The van der Waals surface area contributed by atoms with Crippen molar-refractivity contribution in [3.05, 3.63) is 53.5 Å². The van der Waals surface area contributed by atoms with Crippen LogP contribution >= 0.6 is 0 Å². The van der Waals surface area contributed by atoms with E-state index in [2.05, 4.69) is 15.3 Å². The van der Waals surface area contributed by atoms with E-state index in [0.717, 1.165) is 6.07 Å². The highest BCUT2D eigenvalue weighted by Gasteiger charge is 2.32. The van der Waals surface area contributed by atoms with Crippen LogP contribution in [0.3, 0.4) is 0 Å². The first-order valence-electron chi connectivity index (χ1n) is 5.89. The molecule has 21 heavy (non-hydrogen) atoms. The van der Waals surface area contributed by atoms with E-state index in [1.54, 1.807) is 0 Å². The van der Waals surface area contributed by atoms with Crippen LogP contribution in [-0.2, 0) is 12.7 Å². The van der Waals surface area contributed by atoms with Gasteiger partial charge in [-0.1, -0.05) is 18.2 Å². The van der Waals surface area contributed by atoms with Crippen molar-refractivity contribution in [1.29, 1.82) is 0 Å². The molecule has 0 aliphatic heterocycles. The standard InChI is InChI=1S/C13H11F3N4O/c14-13(15,16)9-4-2-1-3-8(9)5-19-12(21)10-6-18-7-11(17)20-10/h1-4,6-7H,5H2,(H2,17,20)(H,19,21). The average Bonchev–Trinajstić information content (AvgIpc) is 2.44. The summed E-state index contributed by atoms with van der Waals surface area (Å²) in [4.78, 5) is 19.2. The second-order valence-corrected chi connectivity index (χ2v) is 4.17. The molecule has 0 bridgehead atoms. The van der Waals surface area contributed by atoms with Gasteiger partial charge in [-0.2, -0.15) is 13.2 Å². The average molecular weight is 296 g/mol. The molecule has 0 saturated heterocycles. The van der Waals surface area contributed by atoms with Crippen molar-refractivity contribution >= 4 is 11.7 Å². The minimum Gasteiger partial charge on any atom is -0.382 e. The van der Waals surface area contributed by atoms with E-state index >= 15 is 0 Å². The van der Waals surface area contributed by atoms with E-state index in [1.165, 1.54) is 30.6 Å². The first-order chi connectivity index (χ1) is 9.88. The number of nitrogens with two attached hydrogens (primary N) is 1. The van der Waals surface area contributed by atoms with Crippen molar-refractivity contribution < 1.29 is 18.0 Å². The number of amides is 1. The summed E-state index contributed by atoms with van der Waals surface area (Å²) in [7, 11) is 0. The second kappa shape index (κ2) is 5.78. The molecule has 0 unspecified atom stereocenters. The summed E-state index contributed by atoms with van der Waals surface area (Å²) in [5.41, 5.74) is 4.51. The highest BCUT2D eigenvalue weighted by atomic mass is 19.4. The third-order valence-electron chi connectivity index (χ3n) is 2.65. The molecule has 3 N–H and O–H groups in total. The minimum absolute atomic E-state index is 0.0322. The van der Waals surface area contributed by atoms with Gasteiger partial charge >= 0.3 is 6.18 Å². The Morgan fingerprint density at radius 3 is 2.62 bits per heavy atom. The monoisotopic (exact) mass is 296 g/mol. The molecule has 1 aromatic heterocycles. The molecule has 0 spiro atoms. The normalized spacial score (nSPS) is 11.2. The number of hydrogen-bond donors (Lipinski definition) is 2. The Morgan fingerprint density at radius 2 is 1.95 bits per heavy atom. The molecule has 8 heteroatoms. The third kappa shape index (κ3) is 3.68. The van der Waals surface area contributed by atoms with Crippen molar-refractivity contribution in [2.24, 2.45) is 0 Å². The van der Waals surface area contributed by atoms with Crippen LogP contribution in [0.25, 0.3) is 0 Å². The van der Waals surface area contributed by atoms with Crippen molar-refractivity contribution in [2.45, 2.75) is 12.7 Å². The summed E-state index contributed by atoms with van der Waals surface area (Å²) >= 11 is 0. The molecule has 0 radical (unpaired) electrons. The molecule has 1 aromatic carbocycles. The Balaban J connectivity index is 2.12. The SMILES string of the molecule is Nc1cncc(C(=O)NCc2ccccc2C(F)(F)F)n1. The minimum atomic E-state index is -4.47. The van der Waals surface area contributed by atoms with Gasteiger partial charge in [0.2, 0.25) is 0 Å². The fourth-order valence-electron chi connectivity index (χ4n) is 1.71. The lowest BCUT2D eigenvalue weighted by Gasteiger charge is -2.13. The zero-order valence-corrected chi connectivity index (χ0v) is 10.7. The lowest BCUT2D eigenvalue weighted by molar-refractivity contribution is -0.138. The van der Waals surface area contributed by atoms with Gasteiger partial charge in [0.15, 0.2) is 0 Å². The number of nitrogens with zero attached hydrogens (tertiary/aromatic N) is 2. The van der Waals surface area contributed by atoms with Crippen LogP contribution in [0.2, 0.25) is 0 Å². The van der Waals surface area contributed by atoms with Gasteiger partial charge in [-0.15, -0.1) is 0 Å². The zero-order chi connectivity index (χ0) is 15.5. The summed E-state index contributed by atoms with van der Waals surface area (Å²) in [6.45, 7) is -0.273. The molecule has 0 aliphatic carbocycles. The van der Waals surface area contributed by atoms with E-state index in [-0.39, 0.29) is 23.6 Å². The zero-order valence-electron chi connectivity index (χ0n) is 10.7. The lowest BCUT2D eigenvalue weighted by Crippen LogP contribution is -2.25. The highest BCUT2D eigenvalue weighted by molar-refractivity contribution is 5.92. The second-order valence-electron chi connectivity index (χ2n) is 4.17. The molecular weight excluding hydrogens is 285 g/mol. The maximum Gasteiger partial charge on any atom is 0.416 e. The fourth-order valence-corrected chi connectivity index (χ4v) is 1.71. The summed E-state index contributed by atoms with van der Waals surface area (Å²) in [5, 5.41) is 2.36. The predicted octanol–water partition coefficient (Wildman–Crippen LogP) is 2.01. The van der Waals surface area contributed by atoms with Crippen LogP contribution in [0.5, 0.6) is 0 Å². The topological polar surface area (TPSA) is 80.9 Å². The van der Waals surface area contributed by atoms with E-state index in [4.69, 9.17) is 5.73 Å². The van der Waals surface area contributed by atoms with Gasteiger partial charge in [0.1, 0.15) is 11.5 Å². The van der Waals surface area contributed by atoms with E-state index in [1.807, 2.05) is 0 Å². The number of anilines is 1. The van der Waals surface area contributed by atoms with Crippen molar-refractivity contribution in [2.75, 3.05) is 5.73 Å². The van der Waals surface area contributed by atoms with Crippen molar-refractivity contribution in [3.8, 4) is 0 Å². The van der Waals surface area contributed by atoms with Crippen LogP contribution < -0.4 is 11.1 Å². The fraction of sp³-hybridized carbons (Fsp3) is 0.154. The lowest BCUT2D eigenvalue weighted by atomic mass is 10.1. The molecule has 2 aromatic rings. The third-order valence-corrected chi connectivity index (χ3v) is 2.65. The summed E-state index contributed by atoms with van der Waals surface area (Å²) in [6, 6.07) is 5.02. The number of nitrogen functional groups attached to an aromatic ring is 1. The molecule has 2 rings (SSSR count). The van der Waals surface area contributed by atoms with Crippen LogP contribution in [0, 0.1) is 0 Å². The Hall–Kier alpha value is -2.64. The van der Waals surface area contributed by atoms with Crippen LogP contribution in [-0.4, -0.2) is 15.9 Å². The van der Waals surface area contributed by atoms with Crippen LogP contribution in [0.4, 0.5) is 19.0 Å². The quantitative estimate of drug-likeness (QED) is 0.908. The first-order valence-corrected chi connectivity index (χ1v) is 5.89. The number of carbonyl (C=O) groups is 1. The van der Waals surface area contributed by atoms with E-state index < -0.39 is 17.6 Å². The summed E-state index contributed by atoms with van der Waals surface area (Å²) in [6.07, 6.45) is -2.03. The maximum atomic E-state index is 12.8. The molecule has 110 valence electrons. The Labute approximate surface area is 118 Å². The number of halogens is 3. The number of benzene rings is 1. The van der Waals surface area contributed by atoms with Crippen LogP contribution in [0.1, 0.15) is 21.6 Å². The Bertz CT molecular complexity index is 658. The van der Waals surface area contributed by atoms with Gasteiger partial charge in [0.25, 0.3) is 5.91 Å². The molecule has 0 aliphatic rings. The number of nitrogens with one attached hydrogen (secondary N) is 1. The number of hydrogen-bond acceptors (Lipinski definition) is 4. The highest BCUT2D eigenvalue weighted by Crippen LogP contribution is 2.31. The van der Waals surface area contributed by atoms with Crippen molar-refractivity contribution in [3.63, 3.8) is 0 Å². The van der Waals surface area contributed by atoms with Gasteiger partial charge < -0.3 is 11.1 Å². The van der Waals surface area contributed by atoms with Gasteiger partial charge in [-0.3, -0.25) is 9.78 Å². The van der Waals surface area contributed by atoms with Gasteiger partial charge in [-0.25, -0.2) is 4.98 Å². The van der Waals surface area contributed by atoms with Crippen LogP contribution in [0.15, 0.2) is 36.7 Å². The first kappa shape index (κ1) is 14.8. The Morgan fingerprint density at radius 1 is 1.24 bits per heavy atom. The number of alkyl halides is 3. The smallest absolute Gasteiger partial charge is 0.382 e.